The second-order valence-corrected chi connectivity index (χ2v) is 9.30. The molecule has 1 fully saturated rings. The number of alkyl halides is 6. The van der Waals surface area contributed by atoms with Crippen LogP contribution >= 0.6 is 0 Å². The summed E-state index contributed by atoms with van der Waals surface area (Å²) in [6, 6.07) is 9.01. The van der Waals surface area contributed by atoms with E-state index in [4.69, 9.17) is 4.74 Å². The summed E-state index contributed by atoms with van der Waals surface area (Å²) in [6.45, 7) is 0.0834. The Hall–Kier alpha value is -3.13. The summed E-state index contributed by atoms with van der Waals surface area (Å²) in [5, 5.41) is 3.29. The van der Waals surface area contributed by atoms with Gasteiger partial charge >= 0.3 is 18.2 Å². The molecular formula is C20H15F6N3O4S. The van der Waals surface area contributed by atoms with E-state index < -0.39 is 39.9 Å². The summed E-state index contributed by atoms with van der Waals surface area (Å²) in [5.41, 5.74) is -0.697. The minimum Gasteiger partial charge on any atom is -0.489 e. The molecule has 2 heterocycles. The molecule has 1 unspecified atom stereocenters. The van der Waals surface area contributed by atoms with Crippen molar-refractivity contribution in [3.05, 3.63) is 60.0 Å². The van der Waals surface area contributed by atoms with Gasteiger partial charge in [-0.15, -0.1) is 0 Å². The first kappa shape index (κ1) is 24.0. The van der Waals surface area contributed by atoms with E-state index in [1.165, 1.54) is 24.3 Å². The third-order valence-corrected chi connectivity index (χ3v) is 6.89. The highest BCUT2D eigenvalue weighted by Crippen LogP contribution is 2.32. The Bertz CT molecular complexity index is 1260. The molecule has 1 aliphatic heterocycles. The van der Waals surface area contributed by atoms with Crippen LogP contribution < -0.4 is 4.74 Å². The average Bonchev–Trinajstić information content (AvgIpc) is 3.44. The van der Waals surface area contributed by atoms with Gasteiger partial charge in [-0.1, -0.05) is 5.16 Å². The first-order chi connectivity index (χ1) is 15.8. The Balaban J connectivity index is 1.39. The molecule has 34 heavy (non-hydrogen) atoms. The second-order valence-electron chi connectivity index (χ2n) is 7.36. The van der Waals surface area contributed by atoms with Crippen LogP contribution in [0.5, 0.6) is 5.75 Å². The van der Waals surface area contributed by atoms with Crippen molar-refractivity contribution >= 4 is 10.0 Å². The van der Waals surface area contributed by atoms with Gasteiger partial charge in [-0.25, -0.2) is 8.42 Å². The summed E-state index contributed by atoms with van der Waals surface area (Å²) in [7, 11) is -4.01. The standard InChI is InChI=1S/C20H15F6N3O4S/c21-19(22,23)13-3-7-16(8-4-13)34(30,31)29-10-9-15(11-29)32-14-5-1-12(2-6-14)17-27-18(33-28-17)20(24,25)26/h1-8,15H,9-11H2. The molecule has 1 saturated heterocycles. The van der Waals surface area contributed by atoms with Crippen molar-refractivity contribution in [2.45, 2.75) is 29.8 Å². The molecule has 182 valence electrons. The van der Waals surface area contributed by atoms with Gasteiger partial charge in [-0.05, 0) is 55.0 Å². The van der Waals surface area contributed by atoms with Gasteiger partial charge < -0.3 is 9.26 Å². The van der Waals surface area contributed by atoms with E-state index in [0.29, 0.717) is 24.3 Å². The van der Waals surface area contributed by atoms with E-state index in [9.17, 15) is 34.8 Å². The molecule has 7 nitrogen and oxygen atoms in total. The van der Waals surface area contributed by atoms with Gasteiger partial charge in [-0.2, -0.15) is 35.6 Å². The largest absolute Gasteiger partial charge is 0.489 e. The molecule has 4 rings (SSSR count). The molecule has 3 aromatic rings. The molecule has 0 spiro atoms. The van der Waals surface area contributed by atoms with E-state index >= 15 is 0 Å². The first-order valence-corrected chi connectivity index (χ1v) is 11.1. The highest BCUT2D eigenvalue weighted by molar-refractivity contribution is 7.89. The van der Waals surface area contributed by atoms with Crippen molar-refractivity contribution in [2.24, 2.45) is 0 Å². The number of rotatable bonds is 5. The fraction of sp³-hybridized carbons (Fsp3) is 0.300. The Morgan fingerprint density at radius 3 is 2.15 bits per heavy atom. The van der Waals surface area contributed by atoms with Gasteiger partial charge in [-0.3, -0.25) is 0 Å². The normalized spacial score (nSPS) is 17.8. The molecule has 0 aliphatic carbocycles. The van der Waals surface area contributed by atoms with Crippen molar-refractivity contribution in [1.29, 1.82) is 0 Å². The van der Waals surface area contributed by atoms with Crippen LogP contribution in [0.2, 0.25) is 0 Å². The van der Waals surface area contributed by atoms with Crippen molar-refractivity contribution < 1.29 is 44.0 Å². The molecular weight excluding hydrogens is 492 g/mol. The third kappa shape index (κ3) is 5.01. The molecule has 2 aromatic carbocycles. The second kappa shape index (κ2) is 8.58. The summed E-state index contributed by atoms with van der Waals surface area (Å²) >= 11 is 0. The van der Waals surface area contributed by atoms with Gasteiger partial charge in [0.15, 0.2) is 0 Å². The topological polar surface area (TPSA) is 85.5 Å². The zero-order valence-electron chi connectivity index (χ0n) is 17.0. The predicted octanol–water partition coefficient (Wildman–Crippen LogP) is 4.62. The maximum Gasteiger partial charge on any atom is 0.471 e. The molecule has 1 atom stereocenters. The van der Waals surface area contributed by atoms with Gasteiger partial charge in [0.1, 0.15) is 11.9 Å². The minimum atomic E-state index is -4.76. The van der Waals surface area contributed by atoms with Crippen molar-refractivity contribution in [1.82, 2.24) is 14.4 Å². The van der Waals surface area contributed by atoms with Crippen LogP contribution in [-0.4, -0.2) is 42.1 Å². The Morgan fingerprint density at radius 1 is 0.941 bits per heavy atom. The molecule has 0 radical (unpaired) electrons. The van der Waals surface area contributed by atoms with Crippen LogP contribution in [0, 0.1) is 0 Å². The summed E-state index contributed by atoms with van der Waals surface area (Å²) in [6.07, 6.45) is -9.53. The van der Waals surface area contributed by atoms with Gasteiger partial charge in [0, 0.05) is 12.1 Å². The molecule has 0 N–H and O–H groups in total. The Kier molecular flexibility index (Phi) is 6.06. The quantitative estimate of drug-likeness (QED) is 0.469. The maximum atomic E-state index is 12.8. The summed E-state index contributed by atoms with van der Waals surface area (Å²) in [4.78, 5) is 3.03. The number of ether oxygens (including phenoxy) is 1. The van der Waals surface area contributed by atoms with Crippen molar-refractivity contribution in [2.75, 3.05) is 13.1 Å². The number of nitrogens with zero attached hydrogens (tertiary/aromatic N) is 3. The lowest BCUT2D eigenvalue weighted by Crippen LogP contribution is -2.31. The van der Waals surface area contributed by atoms with E-state index in [-0.39, 0.29) is 29.4 Å². The average molecular weight is 507 g/mol. The molecule has 1 aromatic heterocycles. The zero-order chi connectivity index (χ0) is 24.7. The Labute approximate surface area is 189 Å². The SMILES string of the molecule is O=S(=O)(c1ccc(C(F)(F)F)cc1)N1CCC(Oc2ccc(-c3noc(C(F)(F)F)n3)cc2)C1. The lowest BCUT2D eigenvalue weighted by atomic mass is 10.2. The first-order valence-electron chi connectivity index (χ1n) is 9.69. The van der Waals surface area contributed by atoms with Crippen molar-refractivity contribution in [3.8, 4) is 17.1 Å². The number of halogens is 6. The summed E-state index contributed by atoms with van der Waals surface area (Å²) in [5.74, 6) is -1.39. The lowest BCUT2D eigenvalue weighted by molar-refractivity contribution is -0.159. The van der Waals surface area contributed by atoms with Crippen LogP contribution in [0.3, 0.4) is 0 Å². The number of aromatic nitrogens is 2. The Morgan fingerprint density at radius 2 is 1.59 bits per heavy atom. The van der Waals surface area contributed by atoms with Crippen LogP contribution in [0.25, 0.3) is 11.4 Å². The molecule has 0 saturated carbocycles. The van der Waals surface area contributed by atoms with E-state index in [1.54, 1.807) is 0 Å². The van der Waals surface area contributed by atoms with Crippen LogP contribution in [0.15, 0.2) is 57.9 Å². The predicted molar refractivity (Wildman–Crippen MR) is 104 cm³/mol. The van der Waals surface area contributed by atoms with E-state index in [1.807, 2.05) is 0 Å². The van der Waals surface area contributed by atoms with Crippen LogP contribution in [0.4, 0.5) is 26.3 Å². The number of hydrogen-bond donors (Lipinski definition) is 0. The number of sulfonamides is 1. The highest BCUT2D eigenvalue weighted by atomic mass is 32.2. The fourth-order valence-electron chi connectivity index (χ4n) is 3.31. The molecule has 0 amide bonds. The number of benzene rings is 2. The highest BCUT2D eigenvalue weighted by Gasteiger charge is 2.39. The zero-order valence-corrected chi connectivity index (χ0v) is 17.8. The van der Waals surface area contributed by atoms with Gasteiger partial charge in [0.05, 0.1) is 17.0 Å². The maximum absolute atomic E-state index is 12.8. The lowest BCUT2D eigenvalue weighted by Gasteiger charge is -2.18. The number of hydrogen-bond acceptors (Lipinski definition) is 6. The smallest absolute Gasteiger partial charge is 0.471 e. The molecule has 1 aliphatic rings. The third-order valence-electron chi connectivity index (χ3n) is 5.01. The van der Waals surface area contributed by atoms with E-state index in [2.05, 4.69) is 14.7 Å². The summed E-state index contributed by atoms with van der Waals surface area (Å²) < 4.78 is 112. The van der Waals surface area contributed by atoms with Crippen molar-refractivity contribution in [3.63, 3.8) is 0 Å². The van der Waals surface area contributed by atoms with Gasteiger partial charge in [0.2, 0.25) is 15.8 Å². The minimum absolute atomic E-state index is 0.0229. The van der Waals surface area contributed by atoms with Crippen LogP contribution in [-0.2, 0) is 22.4 Å². The molecule has 0 bridgehead atoms. The van der Waals surface area contributed by atoms with E-state index in [0.717, 1.165) is 16.4 Å². The van der Waals surface area contributed by atoms with Gasteiger partial charge in [0.25, 0.3) is 0 Å². The monoisotopic (exact) mass is 507 g/mol. The van der Waals surface area contributed by atoms with Crippen LogP contribution in [0.1, 0.15) is 17.9 Å². The fourth-order valence-corrected chi connectivity index (χ4v) is 4.79. The molecule has 14 heteroatoms.